The van der Waals surface area contributed by atoms with Crippen LogP contribution in [0.1, 0.15) is 24.0 Å². The third-order valence-corrected chi connectivity index (χ3v) is 3.67. The van der Waals surface area contributed by atoms with Gasteiger partial charge in [0.2, 0.25) is 0 Å². The third kappa shape index (κ3) is 3.13. The number of rotatable bonds is 5. The van der Waals surface area contributed by atoms with E-state index in [1.54, 1.807) is 7.11 Å². The number of nitrogens with zero attached hydrogens (tertiary/aromatic N) is 1. The molecule has 1 saturated carbocycles. The fourth-order valence-electron chi connectivity index (χ4n) is 2.28. The summed E-state index contributed by atoms with van der Waals surface area (Å²) in [6, 6.07) is 8.32. The molecule has 0 amide bonds. The van der Waals surface area contributed by atoms with Gasteiger partial charge in [0.15, 0.2) is 0 Å². The van der Waals surface area contributed by atoms with Crippen LogP contribution >= 0.6 is 0 Å². The van der Waals surface area contributed by atoms with Gasteiger partial charge in [-0.15, -0.1) is 0 Å². The summed E-state index contributed by atoms with van der Waals surface area (Å²) in [6.45, 7) is 2.59. The Morgan fingerprint density at radius 3 is 2.90 bits per heavy atom. The number of hydrogen-bond acceptors (Lipinski definition) is 4. The first-order chi connectivity index (χ1) is 10.2. The van der Waals surface area contributed by atoms with E-state index in [4.69, 9.17) is 4.74 Å². The lowest BCUT2D eigenvalue weighted by Gasteiger charge is -2.10. The van der Waals surface area contributed by atoms with Gasteiger partial charge in [-0.1, -0.05) is 11.6 Å². The van der Waals surface area contributed by atoms with Crippen LogP contribution in [0.5, 0.6) is 5.75 Å². The van der Waals surface area contributed by atoms with Crippen molar-refractivity contribution >= 4 is 0 Å². The van der Waals surface area contributed by atoms with Gasteiger partial charge in [0.1, 0.15) is 5.75 Å². The summed E-state index contributed by atoms with van der Waals surface area (Å²) >= 11 is 0. The molecule has 1 aromatic heterocycles. The van der Waals surface area contributed by atoms with Crippen molar-refractivity contribution < 1.29 is 4.74 Å². The summed E-state index contributed by atoms with van der Waals surface area (Å²) in [4.78, 5) is 11.9. The minimum atomic E-state index is -0.140. The topological polar surface area (TPSA) is 67.0 Å². The monoisotopic (exact) mass is 285 g/mol. The van der Waals surface area contributed by atoms with Crippen LogP contribution in [0.2, 0.25) is 0 Å². The molecule has 21 heavy (non-hydrogen) atoms. The highest BCUT2D eigenvalue weighted by Gasteiger charge is 2.20. The predicted octanol–water partition coefficient (Wildman–Crippen LogP) is 2.01. The Hall–Kier alpha value is -2.14. The highest BCUT2D eigenvalue weighted by atomic mass is 16.5. The summed E-state index contributed by atoms with van der Waals surface area (Å²) in [5, 5.41) is 10.1. The molecule has 0 bridgehead atoms. The third-order valence-electron chi connectivity index (χ3n) is 3.67. The summed E-state index contributed by atoms with van der Waals surface area (Å²) in [6.07, 6.45) is 2.39. The van der Waals surface area contributed by atoms with Crippen LogP contribution < -0.4 is 15.6 Å². The second-order valence-corrected chi connectivity index (χ2v) is 5.47. The zero-order chi connectivity index (χ0) is 14.8. The molecule has 1 heterocycles. The van der Waals surface area contributed by atoms with E-state index < -0.39 is 0 Å². The number of aromatic amines is 1. The van der Waals surface area contributed by atoms with E-state index in [1.165, 1.54) is 12.8 Å². The number of H-pyrrole nitrogens is 1. The van der Waals surface area contributed by atoms with E-state index in [9.17, 15) is 4.79 Å². The van der Waals surface area contributed by atoms with Crippen LogP contribution in [0, 0.1) is 6.92 Å². The highest BCUT2D eigenvalue weighted by molar-refractivity contribution is 5.68. The Kier molecular flexibility index (Phi) is 3.75. The molecule has 0 radical (unpaired) electrons. The highest BCUT2D eigenvalue weighted by Crippen LogP contribution is 2.29. The quantitative estimate of drug-likeness (QED) is 0.882. The summed E-state index contributed by atoms with van der Waals surface area (Å²) < 4.78 is 5.39. The van der Waals surface area contributed by atoms with Crippen molar-refractivity contribution in [3.05, 3.63) is 45.7 Å². The maximum absolute atomic E-state index is 11.9. The lowest BCUT2D eigenvalue weighted by Crippen LogP contribution is -2.23. The van der Waals surface area contributed by atoms with Gasteiger partial charge < -0.3 is 10.1 Å². The van der Waals surface area contributed by atoms with Gasteiger partial charge in [-0.25, -0.2) is 5.10 Å². The number of nitrogens with one attached hydrogen (secondary N) is 2. The summed E-state index contributed by atoms with van der Waals surface area (Å²) in [5.74, 6) is 0.751. The molecule has 0 atom stereocenters. The molecule has 0 saturated heterocycles. The molecule has 3 rings (SSSR count). The minimum Gasteiger partial charge on any atom is -0.496 e. The Labute approximate surface area is 123 Å². The number of hydrogen-bond donors (Lipinski definition) is 2. The van der Waals surface area contributed by atoms with E-state index in [-0.39, 0.29) is 5.56 Å². The van der Waals surface area contributed by atoms with E-state index in [0.717, 1.165) is 22.6 Å². The Bertz CT molecular complexity index is 705. The van der Waals surface area contributed by atoms with Crippen LogP contribution in [-0.2, 0) is 6.54 Å². The first-order valence-electron chi connectivity index (χ1n) is 7.14. The van der Waals surface area contributed by atoms with Gasteiger partial charge in [-0.2, -0.15) is 5.10 Å². The van der Waals surface area contributed by atoms with Crippen molar-refractivity contribution in [1.82, 2.24) is 15.5 Å². The van der Waals surface area contributed by atoms with E-state index in [1.807, 2.05) is 31.2 Å². The fraction of sp³-hybridized carbons (Fsp3) is 0.375. The standard InChI is InChI=1S/C16H19N3O2/c1-10-3-6-15(21-2)13(7-10)14-8-11(16(20)19-18-14)9-17-12-4-5-12/h3,6-8,12,17H,4-5,9H2,1-2H3,(H,19,20). The van der Waals surface area contributed by atoms with Crippen molar-refractivity contribution in [2.75, 3.05) is 7.11 Å². The van der Waals surface area contributed by atoms with Crippen LogP contribution in [-0.4, -0.2) is 23.3 Å². The van der Waals surface area contributed by atoms with Crippen molar-refractivity contribution in [1.29, 1.82) is 0 Å². The second kappa shape index (κ2) is 5.69. The molecule has 1 aromatic carbocycles. The predicted molar refractivity (Wildman–Crippen MR) is 81.4 cm³/mol. The van der Waals surface area contributed by atoms with Crippen molar-refractivity contribution in [3.8, 4) is 17.0 Å². The van der Waals surface area contributed by atoms with Crippen LogP contribution in [0.25, 0.3) is 11.3 Å². The number of aromatic nitrogens is 2. The molecule has 2 aromatic rings. The first kappa shape index (κ1) is 13.8. The van der Waals surface area contributed by atoms with Crippen molar-refractivity contribution in [2.45, 2.75) is 32.4 Å². The zero-order valence-electron chi connectivity index (χ0n) is 12.3. The maximum atomic E-state index is 11.9. The number of benzene rings is 1. The smallest absolute Gasteiger partial charge is 0.268 e. The van der Waals surface area contributed by atoms with Gasteiger partial charge in [-0.05, 0) is 38.0 Å². The second-order valence-electron chi connectivity index (χ2n) is 5.47. The van der Waals surface area contributed by atoms with Gasteiger partial charge in [0.05, 0.1) is 12.8 Å². The largest absolute Gasteiger partial charge is 0.496 e. The lowest BCUT2D eigenvalue weighted by molar-refractivity contribution is 0.416. The van der Waals surface area contributed by atoms with Crippen LogP contribution in [0.4, 0.5) is 0 Å². The van der Waals surface area contributed by atoms with Gasteiger partial charge in [0.25, 0.3) is 5.56 Å². The molecule has 1 aliphatic rings. The molecule has 5 nitrogen and oxygen atoms in total. The summed E-state index contributed by atoms with van der Waals surface area (Å²) in [7, 11) is 1.63. The minimum absolute atomic E-state index is 0.140. The number of ether oxygens (including phenoxy) is 1. The molecule has 2 N–H and O–H groups in total. The Morgan fingerprint density at radius 2 is 2.19 bits per heavy atom. The number of aryl methyl sites for hydroxylation is 1. The van der Waals surface area contributed by atoms with E-state index >= 15 is 0 Å². The first-order valence-corrected chi connectivity index (χ1v) is 7.14. The Morgan fingerprint density at radius 1 is 1.38 bits per heavy atom. The van der Waals surface area contributed by atoms with Gasteiger partial charge in [0, 0.05) is 23.7 Å². The van der Waals surface area contributed by atoms with Crippen molar-refractivity contribution in [3.63, 3.8) is 0 Å². The van der Waals surface area contributed by atoms with Crippen LogP contribution in [0.3, 0.4) is 0 Å². The normalized spacial score (nSPS) is 14.2. The van der Waals surface area contributed by atoms with Crippen molar-refractivity contribution in [2.24, 2.45) is 0 Å². The van der Waals surface area contributed by atoms with E-state index in [2.05, 4.69) is 15.5 Å². The van der Waals surface area contributed by atoms with Gasteiger partial charge >= 0.3 is 0 Å². The van der Waals surface area contributed by atoms with Crippen LogP contribution in [0.15, 0.2) is 29.1 Å². The molecule has 0 aliphatic heterocycles. The average molecular weight is 285 g/mol. The molecule has 0 unspecified atom stereocenters. The maximum Gasteiger partial charge on any atom is 0.268 e. The molecule has 110 valence electrons. The molecule has 5 heteroatoms. The fourth-order valence-corrected chi connectivity index (χ4v) is 2.28. The lowest BCUT2D eigenvalue weighted by atomic mass is 10.1. The Balaban J connectivity index is 1.96. The molecule has 0 spiro atoms. The zero-order valence-corrected chi connectivity index (χ0v) is 12.3. The molecule has 1 aliphatic carbocycles. The number of methoxy groups -OCH3 is 1. The van der Waals surface area contributed by atoms with E-state index in [0.29, 0.717) is 18.2 Å². The SMILES string of the molecule is COc1ccc(C)cc1-c1cc(CNC2CC2)c(=O)[nH]n1. The summed E-state index contributed by atoms with van der Waals surface area (Å²) in [5.41, 5.74) is 3.30. The molecular weight excluding hydrogens is 266 g/mol. The molecular formula is C16H19N3O2. The average Bonchev–Trinajstić information content (AvgIpc) is 3.30. The molecule has 1 fully saturated rings. The van der Waals surface area contributed by atoms with Gasteiger partial charge in [-0.3, -0.25) is 4.79 Å².